The number of halogens is 6. The van der Waals surface area contributed by atoms with Crippen molar-refractivity contribution < 1.29 is 35.8 Å². The lowest BCUT2D eigenvalue weighted by atomic mass is 10.2. The molecule has 0 aliphatic carbocycles. The molecule has 2 nitrogen and oxygen atoms in total. The average Bonchev–Trinajstić information content (AvgIpc) is 2.16. The second-order valence-corrected chi connectivity index (χ2v) is 3.31. The SMILES string of the molecule is CCC(CC)OC(C(F)(F)F)C(F)(F)OCF. The van der Waals surface area contributed by atoms with Crippen molar-refractivity contribution >= 4 is 0 Å². The van der Waals surface area contributed by atoms with Crippen LogP contribution in [-0.4, -0.2) is 31.4 Å². The van der Waals surface area contributed by atoms with Crippen LogP contribution in [0.15, 0.2) is 0 Å². The Kier molecular flexibility index (Phi) is 6.25. The molecule has 0 saturated carbocycles. The number of rotatable bonds is 7. The molecule has 0 aromatic rings. The maximum Gasteiger partial charge on any atom is 0.423 e. The summed E-state index contributed by atoms with van der Waals surface area (Å²) in [4.78, 5) is 0. The lowest BCUT2D eigenvalue weighted by molar-refractivity contribution is -0.376. The Morgan fingerprint density at radius 2 is 1.47 bits per heavy atom. The van der Waals surface area contributed by atoms with Crippen molar-refractivity contribution in [3.8, 4) is 0 Å². The quantitative estimate of drug-likeness (QED) is 0.656. The Morgan fingerprint density at radius 1 is 1.00 bits per heavy atom. The predicted octanol–water partition coefficient (Wildman–Crippen LogP) is 3.66. The van der Waals surface area contributed by atoms with Gasteiger partial charge in [0, 0.05) is 0 Å². The van der Waals surface area contributed by atoms with E-state index in [0.29, 0.717) is 0 Å². The Hall–Kier alpha value is -0.500. The number of ether oxygens (including phenoxy) is 2. The van der Waals surface area contributed by atoms with Crippen molar-refractivity contribution in [2.75, 3.05) is 6.86 Å². The van der Waals surface area contributed by atoms with Crippen molar-refractivity contribution in [3.63, 3.8) is 0 Å². The molecule has 0 bridgehead atoms. The second-order valence-electron chi connectivity index (χ2n) is 3.31. The van der Waals surface area contributed by atoms with Gasteiger partial charge < -0.3 is 4.74 Å². The average molecular weight is 268 g/mol. The van der Waals surface area contributed by atoms with Gasteiger partial charge in [-0.25, -0.2) is 4.39 Å². The summed E-state index contributed by atoms with van der Waals surface area (Å²) in [7, 11) is 0. The molecular formula is C9H14F6O2. The summed E-state index contributed by atoms with van der Waals surface area (Å²) >= 11 is 0. The molecule has 0 aromatic heterocycles. The van der Waals surface area contributed by atoms with Crippen LogP contribution in [0.25, 0.3) is 0 Å². The van der Waals surface area contributed by atoms with E-state index in [4.69, 9.17) is 0 Å². The van der Waals surface area contributed by atoms with Gasteiger partial charge in [0.1, 0.15) is 0 Å². The minimum atomic E-state index is -5.33. The first-order valence-corrected chi connectivity index (χ1v) is 4.98. The third-order valence-electron chi connectivity index (χ3n) is 2.09. The van der Waals surface area contributed by atoms with Gasteiger partial charge in [0.05, 0.1) is 6.10 Å². The maximum atomic E-state index is 12.9. The monoisotopic (exact) mass is 268 g/mol. The topological polar surface area (TPSA) is 18.5 Å². The Morgan fingerprint density at radius 3 is 1.76 bits per heavy atom. The zero-order valence-corrected chi connectivity index (χ0v) is 9.36. The van der Waals surface area contributed by atoms with E-state index in [1.165, 1.54) is 13.8 Å². The van der Waals surface area contributed by atoms with Gasteiger partial charge in [-0.1, -0.05) is 13.8 Å². The third-order valence-corrected chi connectivity index (χ3v) is 2.09. The van der Waals surface area contributed by atoms with Crippen LogP contribution in [0.1, 0.15) is 26.7 Å². The second kappa shape index (κ2) is 6.44. The zero-order valence-electron chi connectivity index (χ0n) is 9.36. The summed E-state index contributed by atoms with van der Waals surface area (Å²) < 4.78 is 82.0. The van der Waals surface area contributed by atoms with Gasteiger partial charge in [0.25, 0.3) is 0 Å². The molecule has 1 atom stereocenters. The summed E-state index contributed by atoms with van der Waals surface area (Å²) in [6.45, 7) is 0.970. The van der Waals surface area contributed by atoms with Gasteiger partial charge in [-0.2, -0.15) is 22.0 Å². The van der Waals surface area contributed by atoms with E-state index in [2.05, 4.69) is 9.47 Å². The molecule has 17 heavy (non-hydrogen) atoms. The van der Waals surface area contributed by atoms with Gasteiger partial charge in [-0.3, -0.25) is 4.74 Å². The molecule has 8 heteroatoms. The number of alkyl halides is 6. The van der Waals surface area contributed by atoms with Gasteiger partial charge in [-0.05, 0) is 12.8 Å². The highest BCUT2D eigenvalue weighted by molar-refractivity contribution is 4.78. The molecule has 0 N–H and O–H groups in total. The summed E-state index contributed by atoms with van der Waals surface area (Å²) in [5, 5.41) is 0. The molecule has 0 aliphatic rings. The van der Waals surface area contributed by atoms with Gasteiger partial charge >= 0.3 is 12.3 Å². The number of hydrogen-bond acceptors (Lipinski definition) is 2. The molecule has 0 amide bonds. The fraction of sp³-hybridized carbons (Fsp3) is 1.00. The fourth-order valence-electron chi connectivity index (χ4n) is 1.17. The summed E-state index contributed by atoms with van der Waals surface area (Å²) in [6, 6.07) is 0. The van der Waals surface area contributed by atoms with Crippen molar-refractivity contribution in [3.05, 3.63) is 0 Å². The molecule has 1 unspecified atom stereocenters. The van der Waals surface area contributed by atoms with Crippen LogP contribution in [-0.2, 0) is 9.47 Å². The highest BCUT2D eigenvalue weighted by atomic mass is 19.4. The summed E-state index contributed by atoms with van der Waals surface area (Å²) in [6.07, 6.45) is -14.3. The van der Waals surface area contributed by atoms with Crippen molar-refractivity contribution in [1.29, 1.82) is 0 Å². The smallest absolute Gasteiger partial charge is 0.358 e. The molecule has 0 rings (SSSR count). The molecule has 0 heterocycles. The van der Waals surface area contributed by atoms with Crippen LogP contribution in [0.2, 0.25) is 0 Å². The first-order chi connectivity index (χ1) is 7.69. The van der Waals surface area contributed by atoms with Crippen LogP contribution in [0.3, 0.4) is 0 Å². The minimum Gasteiger partial charge on any atom is -0.358 e. The fourth-order valence-corrected chi connectivity index (χ4v) is 1.17. The Labute approximate surface area is 94.9 Å². The lowest BCUT2D eigenvalue weighted by Crippen LogP contribution is -2.50. The van der Waals surface area contributed by atoms with E-state index in [-0.39, 0.29) is 12.8 Å². The van der Waals surface area contributed by atoms with Crippen LogP contribution in [0.5, 0.6) is 0 Å². The van der Waals surface area contributed by atoms with E-state index in [1.54, 1.807) is 0 Å². The van der Waals surface area contributed by atoms with Gasteiger partial charge in [0.2, 0.25) is 6.10 Å². The zero-order chi connectivity index (χ0) is 13.7. The Balaban J connectivity index is 4.89. The highest BCUT2D eigenvalue weighted by Gasteiger charge is 2.59. The first kappa shape index (κ1) is 16.5. The summed E-state index contributed by atoms with van der Waals surface area (Å²) in [5.74, 6) is 0. The van der Waals surface area contributed by atoms with Gasteiger partial charge in [0.15, 0.2) is 6.86 Å². The van der Waals surface area contributed by atoms with E-state index in [1.807, 2.05) is 0 Å². The maximum absolute atomic E-state index is 12.9. The first-order valence-electron chi connectivity index (χ1n) is 4.98. The third kappa shape index (κ3) is 5.12. The minimum absolute atomic E-state index is 0.134. The standard InChI is InChI=1S/C9H14F6O2/c1-3-6(4-2)17-7(8(11,12)13)9(14,15)16-5-10/h6-7H,3-5H2,1-2H3. The molecule has 0 aliphatic heterocycles. The molecule has 104 valence electrons. The summed E-state index contributed by atoms with van der Waals surface area (Å²) in [5.41, 5.74) is 0. The van der Waals surface area contributed by atoms with Crippen molar-refractivity contribution in [2.24, 2.45) is 0 Å². The van der Waals surface area contributed by atoms with E-state index in [0.717, 1.165) is 0 Å². The molecule has 0 aromatic carbocycles. The van der Waals surface area contributed by atoms with E-state index < -0.39 is 31.4 Å². The van der Waals surface area contributed by atoms with Crippen LogP contribution >= 0.6 is 0 Å². The van der Waals surface area contributed by atoms with Crippen molar-refractivity contribution in [1.82, 2.24) is 0 Å². The molecule has 0 spiro atoms. The van der Waals surface area contributed by atoms with E-state index in [9.17, 15) is 26.3 Å². The predicted molar refractivity (Wildman–Crippen MR) is 47.3 cm³/mol. The highest BCUT2D eigenvalue weighted by Crippen LogP contribution is 2.36. The van der Waals surface area contributed by atoms with Crippen LogP contribution in [0.4, 0.5) is 26.3 Å². The van der Waals surface area contributed by atoms with Gasteiger partial charge in [-0.15, -0.1) is 0 Å². The number of hydrogen-bond donors (Lipinski definition) is 0. The molecular weight excluding hydrogens is 254 g/mol. The van der Waals surface area contributed by atoms with Crippen LogP contribution in [0, 0.1) is 0 Å². The Bertz CT molecular complexity index is 214. The normalized spacial score (nSPS) is 15.4. The molecule has 0 radical (unpaired) electrons. The van der Waals surface area contributed by atoms with Crippen LogP contribution < -0.4 is 0 Å². The lowest BCUT2D eigenvalue weighted by Gasteiger charge is -2.30. The largest absolute Gasteiger partial charge is 0.423 e. The van der Waals surface area contributed by atoms with Crippen molar-refractivity contribution in [2.45, 2.75) is 51.2 Å². The molecule has 0 saturated heterocycles. The van der Waals surface area contributed by atoms with E-state index >= 15 is 0 Å². The molecule has 0 fully saturated rings.